The average Bonchev–Trinajstić information content (AvgIpc) is 1.88. The van der Waals surface area contributed by atoms with Crippen molar-refractivity contribution in [2.24, 2.45) is 5.92 Å². The van der Waals surface area contributed by atoms with E-state index < -0.39 is 0 Å². The van der Waals surface area contributed by atoms with Gasteiger partial charge in [0.15, 0.2) is 0 Å². The topological polar surface area (TPSA) is 20.2 Å². The van der Waals surface area contributed by atoms with Gasteiger partial charge in [-0.1, -0.05) is 39.7 Å². The monoisotopic (exact) mass is 142 g/mol. The molecular weight excluding hydrogens is 124 g/mol. The molecule has 1 atom stereocenters. The Morgan fingerprint density at radius 2 is 2.10 bits per heavy atom. The molecule has 0 rings (SSSR count). The average molecular weight is 142 g/mol. The largest absolute Gasteiger partial charge is 0.513 e. The molecule has 0 spiro atoms. The Morgan fingerprint density at radius 1 is 1.50 bits per heavy atom. The van der Waals surface area contributed by atoms with Gasteiger partial charge in [-0.05, 0) is 6.42 Å². The molecule has 1 unspecified atom stereocenters. The molecule has 0 bridgehead atoms. The van der Waals surface area contributed by atoms with Crippen LogP contribution in [0.3, 0.4) is 0 Å². The number of hydrogen-bond donors (Lipinski definition) is 1. The molecule has 0 saturated heterocycles. The van der Waals surface area contributed by atoms with E-state index in [1.807, 2.05) is 6.92 Å². The van der Waals surface area contributed by atoms with E-state index in [-0.39, 0.29) is 5.92 Å². The van der Waals surface area contributed by atoms with Crippen LogP contribution in [0, 0.1) is 5.92 Å². The Morgan fingerprint density at radius 3 is 2.50 bits per heavy atom. The molecule has 10 heavy (non-hydrogen) atoms. The Balaban J connectivity index is 3.21. The Hall–Kier alpha value is -0.460. The van der Waals surface area contributed by atoms with Crippen molar-refractivity contribution in [2.75, 3.05) is 0 Å². The summed E-state index contributed by atoms with van der Waals surface area (Å²) in [6.45, 7) is 7.68. The molecule has 0 aromatic rings. The fourth-order valence-electron chi connectivity index (χ4n) is 0.867. The third-order valence-corrected chi connectivity index (χ3v) is 1.81. The molecule has 0 saturated carbocycles. The fourth-order valence-corrected chi connectivity index (χ4v) is 0.867. The number of hydrogen-bond acceptors (Lipinski definition) is 1. The second-order valence-electron chi connectivity index (χ2n) is 2.89. The third kappa shape index (κ3) is 4.42. The standard InChI is InChI=1S/C9H18O/c1-4-5-6-7-8(2)9(3)10/h8,10H,3-7H2,1-2H3. The highest BCUT2D eigenvalue weighted by molar-refractivity contribution is 4.85. The smallest absolute Gasteiger partial charge is 0.0879 e. The van der Waals surface area contributed by atoms with Gasteiger partial charge in [0.1, 0.15) is 0 Å². The lowest BCUT2D eigenvalue weighted by Gasteiger charge is -2.07. The summed E-state index contributed by atoms with van der Waals surface area (Å²) in [5.41, 5.74) is 0. The molecule has 0 aromatic carbocycles. The molecule has 0 heterocycles. The summed E-state index contributed by atoms with van der Waals surface area (Å²) in [7, 11) is 0. The zero-order chi connectivity index (χ0) is 7.98. The van der Waals surface area contributed by atoms with Gasteiger partial charge < -0.3 is 5.11 Å². The van der Waals surface area contributed by atoms with E-state index in [0.717, 1.165) is 6.42 Å². The molecule has 1 nitrogen and oxygen atoms in total. The van der Waals surface area contributed by atoms with E-state index in [9.17, 15) is 0 Å². The van der Waals surface area contributed by atoms with Crippen LogP contribution >= 0.6 is 0 Å². The SMILES string of the molecule is C=C(O)C(C)CCCCC. The molecule has 0 aromatic heterocycles. The molecule has 1 N–H and O–H groups in total. The van der Waals surface area contributed by atoms with Gasteiger partial charge in [-0.25, -0.2) is 0 Å². The van der Waals surface area contributed by atoms with Crippen LogP contribution in [-0.4, -0.2) is 5.11 Å². The number of allylic oxidation sites excluding steroid dienone is 1. The summed E-state index contributed by atoms with van der Waals surface area (Å²) in [5, 5.41) is 8.93. The minimum absolute atomic E-state index is 0.284. The lowest BCUT2D eigenvalue weighted by Crippen LogP contribution is -1.96. The van der Waals surface area contributed by atoms with Crippen molar-refractivity contribution in [3.05, 3.63) is 12.3 Å². The van der Waals surface area contributed by atoms with Crippen molar-refractivity contribution < 1.29 is 5.11 Å². The van der Waals surface area contributed by atoms with E-state index in [2.05, 4.69) is 13.5 Å². The molecular formula is C9H18O. The summed E-state index contributed by atoms with van der Waals surface area (Å²) < 4.78 is 0. The highest BCUT2D eigenvalue weighted by Crippen LogP contribution is 2.13. The summed E-state index contributed by atoms with van der Waals surface area (Å²) >= 11 is 0. The molecule has 0 aliphatic heterocycles. The van der Waals surface area contributed by atoms with Gasteiger partial charge in [-0.15, -0.1) is 0 Å². The van der Waals surface area contributed by atoms with E-state index in [4.69, 9.17) is 5.11 Å². The van der Waals surface area contributed by atoms with Crippen LogP contribution in [0.4, 0.5) is 0 Å². The normalized spacial score (nSPS) is 13.0. The first-order valence-corrected chi connectivity index (χ1v) is 4.06. The molecule has 0 aliphatic rings. The van der Waals surface area contributed by atoms with Crippen molar-refractivity contribution in [2.45, 2.75) is 39.5 Å². The molecule has 60 valence electrons. The first-order chi connectivity index (χ1) is 4.68. The van der Waals surface area contributed by atoms with Gasteiger partial charge in [0.25, 0.3) is 0 Å². The van der Waals surface area contributed by atoms with Crippen molar-refractivity contribution in [1.29, 1.82) is 0 Å². The first kappa shape index (κ1) is 9.54. The van der Waals surface area contributed by atoms with Crippen LogP contribution in [0.1, 0.15) is 39.5 Å². The van der Waals surface area contributed by atoms with Gasteiger partial charge in [0.05, 0.1) is 5.76 Å². The quantitative estimate of drug-likeness (QED) is 0.461. The first-order valence-electron chi connectivity index (χ1n) is 4.06. The van der Waals surface area contributed by atoms with Crippen LogP contribution in [0.2, 0.25) is 0 Å². The van der Waals surface area contributed by atoms with E-state index in [1.165, 1.54) is 19.3 Å². The zero-order valence-electron chi connectivity index (χ0n) is 7.06. The van der Waals surface area contributed by atoms with Crippen LogP contribution in [-0.2, 0) is 0 Å². The second kappa shape index (κ2) is 5.33. The minimum Gasteiger partial charge on any atom is -0.513 e. The number of unbranched alkanes of at least 4 members (excludes halogenated alkanes) is 2. The number of aliphatic hydroxyl groups is 1. The highest BCUT2D eigenvalue weighted by Gasteiger charge is 2.02. The van der Waals surface area contributed by atoms with Crippen LogP contribution in [0.15, 0.2) is 12.3 Å². The van der Waals surface area contributed by atoms with Gasteiger partial charge in [-0.3, -0.25) is 0 Å². The maximum atomic E-state index is 8.93. The Bertz CT molecular complexity index is 96.9. The maximum absolute atomic E-state index is 8.93. The van der Waals surface area contributed by atoms with Crippen molar-refractivity contribution in [3.63, 3.8) is 0 Å². The Labute approximate surface area is 63.8 Å². The molecule has 1 heteroatoms. The molecule has 0 fully saturated rings. The van der Waals surface area contributed by atoms with Gasteiger partial charge >= 0.3 is 0 Å². The van der Waals surface area contributed by atoms with Crippen LogP contribution in [0.5, 0.6) is 0 Å². The van der Waals surface area contributed by atoms with Crippen LogP contribution in [0.25, 0.3) is 0 Å². The zero-order valence-corrected chi connectivity index (χ0v) is 7.06. The second-order valence-corrected chi connectivity index (χ2v) is 2.89. The van der Waals surface area contributed by atoms with E-state index in [1.54, 1.807) is 0 Å². The van der Waals surface area contributed by atoms with E-state index >= 15 is 0 Å². The van der Waals surface area contributed by atoms with Gasteiger partial charge in [-0.2, -0.15) is 0 Å². The van der Waals surface area contributed by atoms with Crippen molar-refractivity contribution >= 4 is 0 Å². The van der Waals surface area contributed by atoms with E-state index in [0.29, 0.717) is 5.76 Å². The van der Waals surface area contributed by atoms with Crippen molar-refractivity contribution in [1.82, 2.24) is 0 Å². The highest BCUT2D eigenvalue weighted by atomic mass is 16.3. The molecule has 0 radical (unpaired) electrons. The van der Waals surface area contributed by atoms with Gasteiger partial charge in [0.2, 0.25) is 0 Å². The third-order valence-electron chi connectivity index (χ3n) is 1.81. The maximum Gasteiger partial charge on any atom is 0.0879 e. The lowest BCUT2D eigenvalue weighted by molar-refractivity contribution is 0.329. The molecule has 0 amide bonds. The minimum atomic E-state index is 0.284. The number of rotatable bonds is 5. The fraction of sp³-hybridized carbons (Fsp3) is 0.778. The summed E-state index contributed by atoms with van der Waals surface area (Å²) in [6, 6.07) is 0. The van der Waals surface area contributed by atoms with Crippen LogP contribution < -0.4 is 0 Å². The molecule has 0 aliphatic carbocycles. The summed E-state index contributed by atoms with van der Waals surface area (Å²) in [6.07, 6.45) is 4.78. The lowest BCUT2D eigenvalue weighted by atomic mass is 10.0. The predicted molar refractivity (Wildman–Crippen MR) is 45.1 cm³/mol. The number of aliphatic hydroxyl groups excluding tert-OH is 1. The van der Waals surface area contributed by atoms with Crippen molar-refractivity contribution in [3.8, 4) is 0 Å². The van der Waals surface area contributed by atoms with Gasteiger partial charge in [0, 0.05) is 5.92 Å². The Kier molecular flexibility index (Phi) is 5.09. The summed E-state index contributed by atoms with van der Waals surface area (Å²) in [5.74, 6) is 0.614. The summed E-state index contributed by atoms with van der Waals surface area (Å²) in [4.78, 5) is 0. The predicted octanol–water partition coefficient (Wildman–Crippen LogP) is 3.27.